The highest BCUT2D eigenvalue weighted by molar-refractivity contribution is 5.85. The largest absolute Gasteiger partial charge is 0.353 e. The number of hydrogen-bond acceptors (Lipinski definition) is 5. The first-order valence-corrected chi connectivity index (χ1v) is 7.98. The van der Waals surface area contributed by atoms with Gasteiger partial charge in [-0.1, -0.05) is 24.3 Å². The Labute approximate surface area is 146 Å². The molecule has 24 heavy (non-hydrogen) atoms. The van der Waals surface area contributed by atoms with Crippen LogP contribution < -0.4 is 16.2 Å². The Morgan fingerprint density at radius 3 is 3.00 bits per heavy atom. The lowest BCUT2D eigenvalue weighted by Gasteiger charge is -2.30. The zero-order chi connectivity index (χ0) is 16.2. The average Bonchev–Trinajstić information content (AvgIpc) is 2.57. The van der Waals surface area contributed by atoms with Crippen LogP contribution in [0.25, 0.3) is 10.9 Å². The predicted octanol–water partition coefficient (Wildman–Crippen LogP) is 0.718. The maximum absolute atomic E-state index is 12.3. The molecule has 0 aliphatic carbocycles. The number of piperidine rings is 1. The van der Waals surface area contributed by atoms with Gasteiger partial charge in [-0.3, -0.25) is 9.59 Å². The van der Waals surface area contributed by atoms with Gasteiger partial charge in [-0.15, -0.1) is 17.5 Å². The van der Waals surface area contributed by atoms with Crippen LogP contribution in [0.2, 0.25) is 0 Å². The van der Waals surface area contributed by atoms with Gasteiger partial charge in [0.25, 0.3) is 5.56 Å². The van der Waals surface area contributed by atoms with Crippen LogP contribution in [0.15, 0.2) is 29.1 Å². The first-order valence-electron chi connectivity index (χ1n) is 7.98. The molecule has 1 fully saturated rings. The summed E-state index contributed by atoms with van der Waals surface area (Å²) in [7, 11) is 0. The summed E-state index contributed by atoms with van der Waals surface area (Å²) in [6.45, 7) is 4.20. The van der Waals surface area contributed by atoms with Gasteiger partial charge in [-0.25, -0.2) is 4.68 Å². The molecule has 1 aliphatic rings. The number of aromatic nitrogens is 3. The molecule has 1 saturated heterocycles. The number of carbonyl (C=O) groups is 1. The molecule has 3 rings (SSSR count). The van der Waals surface area contributed by atoms with Gasteiger partial charge in [0.15, 0.2) is 0 Å². The Balaban J connectivity index is 0.00000208. The molecule has 0 spiro atoms. The Kier molecular flexibility index (Phi) is 6.28. The van der Waals surface area contributed by atoms with Crippen molar-refractivity contribution in [2.75, 3.05) is 13.1 Å². The van der Waals surface area contributed by atoms with Crippen molar-refractivity contribution in [3.05, 3.63) is 34.6 Å². The number of rotatable bonds is 4. The van der Waals surface area contributed by atoms with Crippen molar-refractivity contribution < 1.29 is 4.79 Å². The molecule has 130 valence electrons. The minimum atomic E-state index is -0.210. The van der Waals surface area contributed by atoms with Crippen molar-refractivity contribution in [3.8, 4) is 0 Å². The average molecular weight is 352 g/mol. The fourth-order valence-corrected chi connectivity index (χ4v) is 2.88. The van der Waals surface area contributed by atoms with Crippen molar-refractivity contribution >= 4 is 29.2 Å². The molecule has 0 radical (unpaired) electrons. The van der Waals surface area contributed by atoms with Crippen molar-refractivity contribution in [1.29, 1.82) is 0 Å². The van der Waals surface area contributed by atoms with E-state index in [-0.39, 0.29) is 42.9 Å². The third-order valence-electron chi connectivity index (χ3n) is 4.31. The van der Waals surface area contributed by atoms with E-state index in [0.717, 1.165) is 19.5 Å². The third-order valence-corrected chi connectivity index (χ3v) is 4.31. The molecule has 1 aliphatic heterocycles. The fourth-order valence-electron chi connectivity index (χ4n) is 2.88. The highest BCUT2D eigenvalue weighted by Gasteiger charge is 2.22. The summed E-state index contributed by atoms with van der Waals surface area (Å²) < 4.78 is 1.26. The molecule has 2 heterocycles. The van der Waals surface area contributed by atoms with E-state index in [2.05, 4.69) is 27.9 Å². The maximum Gasteiger partial charge on any atom is 0.277 e. The number of aryl methyl sites for hydroxylation is 1. The Hall–Kier alpha value is -1.99. The number of nitrogens with zero attached hydrogens (tertiary/aromatic N) is 3. The van der Waals surface area contributed by atoms with Crippen LogP contribution in [0.4, 0.5) is 0 Å². The summed E-state index contributed by atoms with van der Waals surface area (Å²) in [5, 5.41) is 14.8. The molecule has 8 heteroatoms. The van der Waals surface area contributed by atoms with Crippen LogP contribution in [0.5, 0.6) is 0 Å². The van der Waals surface area contributed by atoms with Crippen LogP contribution in [-0.2, 0) is 11.3 Å². The monoisotopic (exact) mass is 351 g/mol. The summed E-state index contributed by atoms with van der Waals surface area (Å²) in [6.07, 6.45) is 1.16. The third kappa shape index (κ3) is 4.10. The smallest absolute Gasteiger partial charge is 0.277 e. The first kappa shape index (κ1) is 18.4. The Bertz CT molecular complexity index is 763. The molecule has 1 aromatic carbocycles. The van der Waals surface area contributed by atoms with Crippen LogP contribution in [0.1, 0.15) is 19.8 Å². The van der Waals surface area contributed by atoms with E-state index in [1.165, 1.54) is 4.68 Å². The first-order chi connectivity index (χ1) is 11.1. The van der Waals surface area contributed by atoms with Gasteiger partial charge in [0.2, 0.25) is 5.91 Å². The summed E-state index contributed by atoms with van der Waals surface area (Å²) in [4.78, 5) is 24.4. The number of nitrogens with one attached hydrogen (secondary N) is 2. The van der Waals surface area contributed by atoms with Gasteiger partial charge >= 0.3 is 0 Å². The highest BCUT2D eigenvalue weighted by Crippen LogP contribution is 2.10. The molecule has 1 aromatic heterocycles. The van der Waals surface area contributed by atoms with E-state index < -0.39 is 0 Å². The molecule has 0 bridgehead atoms. The molecule has 7 nitrogen and oxygen atoms in total. The van der Waals surface area contributed by atoms with Gasteiger partial charge in [-0.2, -0.15) is 0 Å². The Morgan fingerprint density at radius 1 is 1.42 bits per heavy atom. The second-order valence-electron chi connectivity index (χ2n) is 6.03. The SMILES string of the molecule is CC1CNCCC1NC(=O)CCn1nnc2ccccc2c1=O.Cl. The van der Waals surface area contributed by atoms with E-state index >= 15 is 0 Å². The quantitative estimate of drug-likeness (QED) is 0.847. The zero-order valence-corrected chi connectivity index (χ0v) is 14.4. The summed E-state index contributed by atoms with van der Waals surface area (Å²) in [6, 6.07) is 7.28. The molecule has 2 N–H and O–H groups in total. The Morgan fingerprint density at radius 2 is 2.21 bits per heavy atom. The van der Waals surface area contributed by atoms with Gasteiger partial charge in [0, 0.05) is 12.5 Å². The second kappa shape index (κ2) is 8.21. The molecule has 1 amide bonds. The summed E-state index contributed by atoms with van der Waals surface area (Å²) in [5.41, 5.74) is 0.361. The standard InChI is InChI=1S/C16H21N5O2.ClH/c1-11-10-17-8-6-13(11)18-15(22)7-9-21-16(23)12-4-2-3-5-14(12)19-20-21;/h2-5,11,13,17H,6-10H2,1H3,(H,18,22);1H. The van der Waals surface area contributed by atoms with E-state index in [1.54, 1.807) is 18.2 Å². The predicted molar refractivity (Wildman–Crippen MR) is 94.2 cm³/mol. The number of benzene rings is 1. The van der Waals surface area contributed by atoms with Crippen molar-refractivity contribution in [2.45, 2.75) is 32.4 Å². The summed E-state index contributed by atoms with van der Waals surface area (Å²) in [5.74, 6) is 0.362. The fraction of sp³-hybridized carbons (Fsp3) is 0.500. The van der Waals surface area contributed by atoms with E-state index in [9.17, 15) is 9.59 Å². The zero-order valence-electron chi connectivity index (χ0n) is 13.6. The van der Waals surface area contributed by atoms with E-state index in [4.69, 9.17) is 0 Å². The minimum absolute atomic E-state index is 0. The van der Waals surface area contributed by atoms with Crippen LogP contribution in [0.3, 0.4) is 0 Å². The molecule has 0 saturated carbocycles. The number of hydrogen-bond donors (Lipinski definition) is 2. The molecule has 2 aromatic rings. The number of fused-ring (bicyclic) bond motifs is 1. The molecular formula is C16H22ClN5O2. The van der Waals surface area contributed by atoms with Crippen molar-refractivity contribution in [2.24, 2.45) is 5.92 Å². The van der Waals surface area contributed by atoms with E-state index in [1.807, 2.05) is 6.07 Å². The van der Waals surface area contributed by atoms with Gasteiger partial charge in [-0.05, 0) is 37.6 Å². The lowest BCUT2D eigenvalue weighted by atomic mass is 9.95. The number of carbonyl (C=O) groups excluding carboxylic acids is 1. The molecule has 2 atom stereocenters. The highest BCUT2D eigenvalue weighted by atomic mass is 35.5. The lowest BCUT2D eigenvalue weighted by molar-refractivity contribution is -0.122. The summed E-state index contributed by atoms with van der Waals surface area (Å²) >= 11 is 0. The normalized spacial score (nSPS) is 20.4. The number of halogens is 1. The maximum atomic E-state index is 12.3. The second-order valence-corrected chi connectivity index (χ2v) is 6.03. The van der Waals surface area contributed by atoms with Gasteiger partial charge in [0.05, 0.1) is 11.9 Å². The van der Waals surface area contributed by atoms with Crippen LogP contribution in [-0.4, -0.2) is 40.0 Å². The van der Waals surface area contributed by atoms with Crippen LogP contribution in [0, 0.1) is 5.92 Å². The van der Waals surface area contributed by atoms with Crippen molar-refractivity contribution in [1.82, 2.24) is 25.6 Å². The van der Waals surface area contributed by atoms with Gasteiger partial charge in [0.1, 0.15) is 5.52 Å². The molecule has 2 unspecified atom stereocenters. The molecular weight excluding hydrogens is 330 g/mol. The van der Waals surface area contributed by atoms with E-state index in [0.29, 0.717) is 16.8 Å². The van der Waals surface area contributed by atoms with Crippen molar-refractivity contribution in [3.63, 3.8) is 0 Å². The van der Waals surface area contributed by atoms with Crippen LogP contribution >= 0.6 is 12.4 Å². The topological polar surface area (TPSA) is 88.9 Å². The lowest BCUT2D eigenvalue weighted by Crippen LogP contribution is -2.48. The minimum Gasteiger partial charge on any atom is -0.353 e. The number of amides is 1. The van der Waals surface area contributed by atoms with Gasteiger partial charge < -0.3 is 10.6 Å².